The molecule has 3 aromatic rings. The first-order valence-electron chi connectivity index (χ1n) is 13.0. The van der Waals surface area contributed by atoms with E-state index in [1.807, 2.05) is 83.1 Å². The van der Waals surface area contributed by atoms with E-state index in [-0.39, 0.29) is 29.7 Å². The highest BCUT2D eigenvalue weighted by atomic mass is 32.2. The zero-order valence-corrected chi connectivity index (χ0v) is 23.3. The quantitative estimate of drug-likeness (QED) is 0.391. The molecule has 5 rings (SSSR count). The molecule has 0 atom stereocenters. The highest BCUT2D eigenvalue weighted by Crippen LogP contribution is 2.51. The molecule has 200 valence electrons. The van der Waals surface area contributed by atoms with Gasteiger partial charge in [-0.2, -0.15) is 4.31 Å². The summed E-state index contributed by atoms with van der Waals surface area (Å²) in [7, 11) is -3.61. The highest BCUT2D eigenvalue weighted by molar-refractivity contribution is 7.89. The van der Waals surface area contributed by atoms with Crippen LogP contribution in [0.25, 0.3) is 11.1 Å². The van der Waals surface area contributed by atoms with Crippen LogP contribution in [-0.4, -0.2) is 37.5 Å². The van der Waals surface area contributed by atoms with Crippen molar-refractivity contribution in [3.8, 4) is 22.6 Å². The predicted octanol–water partition coefficient (Wildman–Crippen LogP) is 5.87. The first kappa shape index (κ1) is 26.3. The van der Waals surface area contributed by atoms with Gasteiger partial charge in [-0.1, -0.05) is 24.3 Å². The van der Waals surface area contributed by atoms with Crippen molar-refractivity contribution in [2.45, 2.75) is 69.9 Å². The Morgan fingerprint density at radius 1 is 0.895 bits per heavy atom. The molecule has 0 aromatic heterocycles. The summed E-state index contributed by atoms with van der Waals surface area (Å²) in [5, 5.41) is 3.11. The first-order valence-corrected chi connectivity index (χ1v) is 14.4. The Labute approximate surface area is 224 Å². The first-order chi connectivity index (χ1) is 18.0. The summed E-state index contributed by atoms with van der Waals surface area (Å²) in [6.07, 6.45) is 1.55. The Kier molecular flexibility index (Phi) is 6.73. The lowest BCUT2D eigenvalue weighted by atomic mass is 9.94. The van der Waals surface area contributed by atoms with Crippen LogP contribution in [0.3, 0.4) is 0 Å². The molecule has 0 unspecified atom stereocenters. The zero-order valence-electron chi connectivity index (χ0n) is 22.4. The molecule has 0 spiro atoms. The molecular formula is C30H34N2O5S. The number of sulfonamides is 1. The van der Waals surface area contributed by atoms with Crippen LogP contribution in [0.1, 0.15) is 51.7 Å². The molecule has 2 aliphatic rings. The third-order valence-electron chi connectivity index (χ3n) is 7.36. The number of aryl methyl sites for hydroxylation is 1. The molecule has 1 aliphatic carbocycles. The number of anilines is 1. The van der Waals surface area contributed by atoms with Gasteiger partial charge in [-0.3, -0.25) is 4.79 Å². The number of rotatable bonds is 8. The van der Waals surface area contributed by atoms with Gasteiger partial charge < -0.3 is 14.8 Å². The molecule has 8 heteroatoms. The second kappa shape index (κ2) is 9.75. The van der Waals surface area contributed by atoms with Crippen molar-refractivity contribution in [2.75, 3.05) is 12.1 Å². The van der Waals surface area contributed by atoms with Gasteiger partial charge in [-0.15, -0.1) is 0 Å². The molecule has 0 bridgehead atoms. The van der Waals surface area contributed by atoms with Crippen molar-refractivity contribution in [2.24, 2.45) is 0 Å². The van der Waals surface area contributed by atoms with E-state index < -0.39 is 15.4 Å². The van der Waals surface area contributed by atoms with Gasteiger partial charge >= 0.3 is 0 Å². The molecule has 1 fully saturated rings. The average Bonchev–Trinajstić information content (AvgIpc) is 3.55. The van der Waals surface area contributed by atoms with E-state index in [2.05, 4.69) is 5.32 Å². The number of benzene rings is 3. The van der Waals surface area contributed by atoms with Crippen molar-refractivity contribution in [1.82, 2.24) is 4.31 Å². The largest absolute Gasteiger partial charge is 0.454 e. The predicted molar refractivity (Wildman–Crippen MR) is 148 cm³/mol. The van der Waals surface area contributed by atoms with E-state index in [9.17, 15) is 13.2 Å². The molecule has 1 heterocycles. The molecule has 0 radical (unpaired) electrons. The Bertz CT molecular complexity index is 1470. The number of hydrogen-bond donors (Lipinski definition) is 1. The van der Waals surface area contributed by atoms with Crippen LogP contribution < -0.4 is 14.8 Å². The summed E-state index contributed by atoms with van der Waals surface area (Å²) in [6, 6.07) is 18.2. The lowest BCUT2D eigenvalue weighted by Crippen LogP contribution is -2.41. The maximum atomic E-state index is 13.4. The molecular weight excluding hydrogens is 500 g/mol. The average molecular weight is 535 g/mol. The fraction of sp³-hybridized carbons (Fsp3) is 0.367. The van der Waals surface area contributed by atoms with Crippen molar-refractivity contribution in [1.29, 1.82) is 0 Å². The molecule has 1 aliphatic heterocycles. The number of hydrogen-bond acceptors (Lipinski definition) is 5. The van der Waals surface area contributed by atoms with E-state index in [0.29, 0.717) is 17.2 Å². The zero-order chi connectivity index (χ0) is 27.2. The summed E-state index contributed by atoms with van der Waals surface area (Å²) in [5.41, 5.74) is 3.91. The number of nitrogens with zero attached hydrogens (tertiary/aromatic N) is 1. The number of carbonyl (C=O) groups excluding carboxylic acids is 1. The van der Waals surface area contributed by atoms with Crippen LogP contribution >= 0.6 is 0 Å². The fourth-order valence-electron chi connectivity index (χ4n) is 5.31. The second-order valence-corrected chi connectivity index (χ2v) is 12.5. The number of ether oxygens (including phenoxy) is 2. The topological polar surface area (TPSA) is 84.9 Å². The number of fused-ring (bicyclic) bond motifs is 1. The summed E-state index contributed by atoms with van der Waals surface area (Å²) in [6.45, 7) is 9.73. The van der Waals surface area contributed by atoms with E-state index in [0.717, 1.165) is 35.1 Å². The minimum atomic E-state index is -3.61. The molecule has 1 N–H and O–H groups in total. The van der Waals surface area contributed by atoms with Gasteiger partial charge in [-0.05, 0) is 106 Å². The molecule has 38 heavy (non-hydrogen) atoms. The molecule has 1 amide bonds. The van der Waals surface area contributed by atoms with Crippen LogP contribution in [-0.2, 0) is 20.2 Å². The smallest absolute Gasteiger partial charge is 0.243 e. The Hall–Kier alpha value is -3.36. The summed E-state index contributed by atoms with van der Waals surface area (Å²) >= 11 is 0. The van der Waals surface area contributed by atoms with Crippen molar-refractivity contribution in [3.05, 3.63) is 71.8 Å². The van der Waals surface area contributed by atoms with E-state index >= 15 is 0 Å². The van der Waals surface area contributed by atoms with Crippen LogP contribution in [0, 0.1) is 6.92 Å². The van der Waals surface area contributed by atoms with Gasteiger partial charge in [0.05, 0.1) is 10.3 Å². The molecule has 3 aromatic carbocycles. The van der Waals surface area contributed by atoms with Gasteiger partial charge in [-0.25, -0.2) is 8.42 Å². The molecule has 0 saturated heterocycles. The van der Waals surface area contributed by atoms with Crippen LogP contribution in [0.4, 0.5) is 5.69 Å². The van der Waals surface area contributed by atoms with E-state index in [1.54, 1.807) is 12.1 Å². The van der Waals surface area contributed by atoms with E-state index in [4.69, 9.17) is 9.47 Å². The summed E-state index contributed by atoms with van der Waals surface area (Å²) in [5.74, 6) is 1.33. The fourth-order valence-corrected chi connectivity index (χ4v) is 7.14. The summed E-state index contributed by atoms with van der Waals surface area (Å²) in [4.78, 5) is 13.7. The van der Waals surface area contributed by atoms with Gasteiger partial charge in [0.2, 0.25) is 22.7 Å². The minimum Gasteiger partial charge on any atom is -0.454 e. The monoisotopic (exact) mass is 534 g/mol. The van der Waals surface area contributed by atoms with Crippen LogP contribution in [0.15, 0.2) is 65.6 Å². The van der Waals surface area contributed by atoms with Gasteiger partial charge in [0.25, 0.3) is 0 Å². The normalized spacial score (nSPS) is 15.8. The van der Waals surface area contributed by atoms with Crippen LogP contribution in [0.2, 0.25) is 0 Å². The number of carbonyl (C=O) groups is 1. The van der Waals surface area contributed by atoms with Gasteiger partial charge in [0.1, 0.15) is 0 Å². The molecule has 1 saturated carbocycles. The standard InChI is InChI=1S/C30H34N2O5S/c1-19(2)32(20(3)4)38(34,35)25-11-7-22(8-12-25)26-17-24(10-6-21(26)5)31-29(33)30(14-15-30)23-9-13-27-28(16-23)37-18-36-27/h6-13,16-17,19-20H,14-15,18H2,1-5H3,(H,31,33). The second-order valence-electron chi connectivity index (χ2n) is 10.7. The van der Waals surface area contributed by atoms with Gasteiger partial charge in [0, 0.05) is 17.8 Å². The lowest BCUT2D eigenvalue weighted by molar-refractivity contribution is -0.118. The van der Waals surface area contributed by atoms with Gasteiger partial charge in [0.15, 0.2) is 11.5 Å². The highest BCUT2D eigenvalue weighted by Gasteiger charge is 2.51. The van der Waals surface area contributed by atoms with Crippen molar-refractivity contribution < 1.29 is 22.7 Å². The number of nitrogens with one attached hydrogen (secondary N) is 1. The Balaban J connectivity index is 1.37. The van der Waals surface area contributed by atoms with Crippen molar-refractivity contribution in [3.63, 3.8) is 0 Å². The Morgan fingerprint density at radius 2 is 1.55 bits per heavy atom. The Morgan fingerprint density at radius 3 is 2.18 bits per heavy atom. The lowest BCUT2D eigenvalue weighted by Gasteiger charge is -2.29. The molecule has 7 nitrogen and oxygen atoms in total. The minimum absolute atomic E-state index is 0.0462. The maximum Gasteiger partial charge on any atom is 0.243 e. The maximum absolute atomic E-state index is 13.4. The third kappa shape index (κ3) is 4.67. The van der Waals surface area contributed by atoms with E-state index in [1.165, 1.54) is 4.31 Å². The third-order valence-corrected chi connectivity index (χ3v) is 9.63. The van der Waals surface area contributed by atoms with Crippen molar-refractivity contribution >= 4 is 21.6 Å². The van der Waals surface area contributed by atoms with Crippen LogP contribution in [0.5, 0.6) is 11.5 Å². The summed E-state index contributed by atoms with van der Waals surface area (Å²) < 4.78 is 38.9. The SMILES string of the molecule is Cc1ccc(NC(=O)C2(c3ccc4c(c3)OCO4)CC2)cc1-c1ccc(S(=O)(=O)N(C(C)C)C(C)C)cc1. The number of amides is 1.